The Labute approximate surface area is 203 Å². The van der Waals surface area contributed by atoms with Crippen LogP contribution in [0.2, 0.25) is 0 Å². The smallest absolute Gasteiger partial charge is 0.416 e. The van der Waals surface area contributed by atoms with Crippen LogP contribution in [0, 0.1) is 0 Å². The lowest BCUT2D eigenvalue weighted by molar-refractivity contribution is -0.137. The van der Waals surface area contributed by atoms with Gasteiger partial charge in [0.15, 0.2) is 5.96 Å². The van der Waals surface area contributed by atoms with Crippen LogP contribution in [0.3, 0.4) is 0 Å². The minimum absolute atomic E-state index is 0. The SMILES string of the molecule is CCNC(=NCC(c1ccc(C(F)(F)F)cc1)N1CCOCC1)NCCc1ccco1.I. The lowest BCUT2D eigenvalue weighted by atomic mass is 10.0. The van der Waals surface area contributed by atoms with Gasteiger partial charge in [0.25, 0.3) is 0 Å². The third-order valence-electron chi connectivity index (χ3n) is 5.12. The summed E-state index contributed by atoms with van der Waals surface area (Å²) < 4.78 is 49.7. The van der Waals surface area contributed by atoms with Crippen molar-refractivity contribution in [2.45, 2.75) is 25.6 Å². The highest BCUT2D eigenvalue weighted by molar-refractivity contribution is 14.0. The highest BCUT2D eigenvalue weighted by Crippen LogP contribution is 2.31. The van der Waals surface area contributed by atoms with E-state index in [4.69, 9.17) is 14.1 Å². The molecular formula is C22H30F3IN4O2. The van der Waals surface area contributed by atoms with Crippen molar-refractivity contribution in [1.29, 1.82) is 0 Å². The average Bonchev–Trinajstić information content (AvgIpc) is 3.28. The van der Waals surface area contributed by atoms with Crippen LogP contribution in [-0.2, 0) is 17.3 Å². The molecule has 2 N–H and O–H groups in total. The minimum atomic E-state index is -4.35. The Balaban J connectivity index is 0.00000363. The molecule has 32 heavy (non-hydrogen) atoms. The monoisotopic (exact) mass is 566 g/mol. The molecule has 1 aliphatic heterocycles. The third-order valence-corrected chi connectivity index (χ3v) is 5.12. The molecule has 0 amide bonds. The van der Waals surface area contributed by atoms with Gasteiger partial charge in [0.05, 0.1) is 37.6 Å². The summed E-state index contributed by atoms with van der Waals surface area (Å²) in [5, 5.41) is 6.50. The summed E-state index contributed by atoms with van der Waals surface area (Å²) >= 11 is 0. The van der Waals surface area contributed by atoms with Crippen molar-refractivity contribution in [3.05, 3.63) is 59.5 Å². The molecule has 2 aromatic rings. The van der Waals surface area contributed by atoms with Crippen LogP contribution in [0.5, 0.6) is 0 Å². The van der Waals surface area contributed by atoms with Crippen LogP contribution in [-0.4, -0.2) is 56.8 Å². The first-order valence-electron chi connectivity index (χ1n) is 10.5. The van der Waals surface area contributed by atoms with Gasteiger partial charge >= 0.3 is 6.18 Å². The number of guanidine groups is 1. The summed E-state index contributed by atoms with van der Waals surface area (Å²) in [7, 11) is 0. The van der Waals surface area contributed by atoms with E-state index in [9.17, 15) is 13.2 Å². The zero-order valence-corrected chi connectivity index (χ0v) is 20.4. The quantitative estimate of drug-likeness (QED) is 0.287. The van der Waals surface area contributed by atoms with Gasteiger partial charge in [-0.15, -0.1) is 24.0 Å². The van der Waals surface area contributed by atoms with Gasteiger partial charge in [-0.1, -0.05) is 12.1 Å². The molecule has 178 valence electrons. The first-order valence-corrected chi connectivity index (χ1v) is 10.5. The van der Waals surface area contributed by atoms with Crippen molar-refractivity contribution in [2.75, 3.05) is 45.9 Å². The molecule has 0 radical (unpaired) electrons. The number of benzene rings is 1. The van der Waals surface area contributed by atoms with Crippen molar-refractivity contribution in [1.82, 2.24) is 15.5 Å². The topological polar surface area (TPSA) is 62.0 Å². The van der Waals surface area contributed by atoms with E-state index in [0.29, 0.717) is 51.9 Å². The lowest BCUT2D eigenvalue weighted by Gasteiger charge is -2.34. The second kappa shape index (κ2) is 13.0. The van der Waals surface area contributed by atoms with Crippen LogP contribution in [0.15, 0.2) is 52.1 Å². The largest absolute Gasteiger partial charge is 0.469 e. The summed E-state index contributed by atoms with van der Waals surface area (Å²) in [6.07, 6.45) is -1.98. The van der Waals surface area contributed by atoms with Crippen LogP contribution >= 0.6 is 24.0 Å². The zero-order chi connectivity index (χ0) is 22.1. The minimum Gasteiger partial charge on any atom is -0.469 e. The molecule has 3 rings (SSSR count). The summed E-state index contributed by atoms with van der Waals surface area (Å²) in [5.74, 6) is 1.55. The maximum Gasteiger partial charge on any atom is 0.416 e. The predicted molar refractivity (Wildman–Crippen MR) is 128 cm³/mol. The molecule has 10 heteroatoms. The normalized spacial score (nSPS) is 16.3. The number of nitrogens with one attached hydrogen (secondary N) is 2. The molecule has 0 bridgehead atoms. The van der Waals surface area contributed by atoms with E-state index in [1.165, 1.54) is 0 Å². The molecular weight excluding hydrogens is 536 g/mol. The lowest BCUT2D eigenvalue weighted by Crippen LogP contribution is -2.42. The van der Waals surface area contributed by atoms with E-state index in [0.717, 1.165) is 29.9 Å². The molecule has 0 aliphatic carbocycles. The second-order valence-electron chi connectivity index (χ2n) is 7.26. The molecule has 1 fully saturated rings. The number of hydrogen-bond donors (Lipinski definition) is 2. The van der Waals surface area contributed by atoms with Gasteiger partial charge in [-0.25, -0.2) is 0 Å². The summed E-state index contributed by atoms with van der Waals surface area (Å²) in [6, 6.07) is 9.02. The standard InChI is InChI=1S/C22H29F3N4O2.HI/c1-2-26-21(27-10-9-19-4-3-13-31-19)28-16-20(29-11-14-30-15-12-29)17-5-7-18(8-6-17)22(23,24)25;/h3-8,13,20H,2,9-12,14-16H2,1H3,(H2,26,27,28);1H. The Hall–Kier alpha value is -1.79. The molecule has 1 aromatic carbocycles. The number of morpholine rings is 1. The van der Waals surface area contributed by atoms with Gasteiger partial charge in [-0.3, -0.25) is 9.89 Å². The fraction of sp³-hybridized carbons (Fsp3) is 0.500. The van der Waals surface area contributed by atoms with E-state index in [1.807, 2.05) is 19.1 Å². The van der Waals surface area contributed by atoms with Gasteiger partial charge in [-0.05, 0) is 36.8 Å². The molecule has 0 saturated carbocycles. The van der Waals surface area contributed by atoms with Crippen LogP contribution < -0.4 is 10.6 Å². The van der Waals surface area contributed by atoms with E-state index < -0.39 is 11.7 Å². The number of rotatable bonds is 8. The van der Waals surface area contributed by atoms with E-state index in [1.54, 1.807) is 18.4 Å². The predicted octanol–water partition coefficient (Wildman–Crippen LogP) is 4.09. The van der Waals surface area contributed by atoms with Gasteiger partial charge in [-0.2, -0.15) is 13.2 Å². The average molecular weight is 566 g/mol. The van der Waals surface area contributed by atoms with Gasteiger partial charge in [0.1, 0.15) is 5.76 Å². The molecule has 2 heterocycles. The Morgan fingerprint density at radius 1 is 1.12 bits per heavy atom. The van der Waals surface area contributed by atoms with Gasteiger partial charge in [0.2, 0.25) is 0 Å². The Morgan fingerprint density at radius 3 is 2.44 bits per heavy atom. The summed E-state index contributed by atoms with van der Waals surface area (Å²) in [6.45, 7) is 6.38. The zero-order valence-electron chi connectivity index (χ0n) is 18.0. The maximum absolute atomic E-state index is 13.0. The van der Waals surface area contributed by atoms with Crippen molar-refractivity contribution in [3.8, 4) is 0 Å². The third kappa shape index (κ3) is 7.96. The number of alkyl halides is 3. The van der Waals surface area contributed by atoms with Gasteiger partial charge in [0, 0.05) is 32.6 Å². The molecule has 1 aliphatic rings. The first kappa shape index (κ1) is 26.5. The Morgan fingerprint density at radius 2 is 1.84 bits per heavy atom. The molecule has 6 nitrogen and oxygen atoms in total. The number of furan rings is 1. The van der Waals surface area contributed by atoms with Crippen LogP contribution in [0.1, 0.15) is 29.9 Å². The van der Waals surface area contributed by atoms with E-state index in [-0.39, 0.29) is 30.0 Å². The number of ether oxygens (including phenoxy) is 1. The van der Waals surface area contributed by atoms with E-state index >= 15 is 0 Å². The molecule has 1 saturated heterocycles. The fourth-order valence-corrected chi connectivity index (χ4v) is 3.49. The Kier molecular flexibility index (Phi) is 10.8. The van der Waals surface area contributed by atoms with Crippen molar-refractivity contribution >= 4 is 29.9 Å². The molecule has 1 aromatic heterocycles. The molecule has 1 unspecified atom stereocenters. The van der Waals surface area contributed by atoms with E-state index in [2.05, 4.69) is 15.5 Å². The highest BCUT2D eigenvalue weighted by atomic mass is 127. The van der Waals surface area contributed by atoms with Crippen molar-refractivity contribution in [2.24, 2.45) is 4.99 Å². The fourth-order valence-electron chi connectivity index (χ4n) is 3.49. The van der Waals surface area contributed by atoms with Crippen molar-refractivity contribution in [3.63, 3.8) is 0 Å². The number of nitrogens with zero attached hydrogens (tertiary/aromatic N) is 2. The number of halogens is 4. The second-order valence-corrected chi connectivity index (χ2v) is 7.26. The summed E-state index contributed by atoms with van der Waals surface area (Å²) in [5.41, 5.74) is 0.165. The number of aliphatic imine (C=N–C) groups is 1. The van der Waals surface area contributed by atoms with Gasteiger partial charge < -0.3 is 19.8 Å². The highest BCUT2D eigenvalue weighted by Gasteiger charge is 2.31. The maximum atomic E-state index is 13.0. The first-order chi connectivity index (χ1) is 15.0. The molecule has 1 atom stereocenters. The Bertz CT molecular complexity index is 808. The van der Waals surface area contributed by atoms with Crippen LogP contribution in [0.25, 0.3) is 0 Å². The van der Waals surface area contributed by atoms with Crippen molar-refractivity contribution < 1.29 is 22.3 Å². The summed E-state index contributed by atoms with van der Waals surface area (Å²) in [4.78, 5) is 6.92. The van der Waals surface area contributed by atoms with Crippen LogP contribution in [0.4, 0.5) is 13.2 Å². The number of hydrogen-bond acceptors (Lipinski definition) is 4. The molecule has 0 spiro atoms.